The summed E-state index contributed by atoms with van der Waals surface area (Å²) < 4.78 is 0. The van der Waals surface area contributed by atoms with Crippen molar-refractivity contribution in [3.8, 4) is 11.4 Å². The number of ketones is 1. The van der Waals surface area contributed by atoms with E-state index in [-0.39, 0.29) is 5.78 Å². The minimum Gasteiger partial charge on any atom is -0.286 e. The summed E-state index contributed by atoms with van der Waals surface area (Å²) in [6.07, 6.45) is 0. The molecule has 0 fully saturated rings. The van der Waals surface area contributed by atoms with Gasteiger partial charge in [-0.3, -0.25) is 4.79 Å². The van der Waals surface area contributed by atoms with Gasteiger partial charge in [-0.2, -0.15) is 0 Å². The lowest BCUT2D eigenvalue weighted by molar-refractivity contribution is 0.103. The van der Waals surface area contributed by atoms with E-state index >= 15 is 0 Å². The summed E-state index contributed by atoms with van der Waals surface area (Å²) in [5.74, 6) is -0.0397. The molecular formula is C13H8N2OS2. The summed E-state index contributed by atoms with van der Waals surface area (Å²) in [6.45, 7) is 0. The molecule has 3 rings (SSSR count). The molecule has 0 aliphatic carbocycles. The average molecular weight is 272 g/mol. The number of nitrogens with zero attached hydrogens (tertiary/aromatic N) is 2. The van der Waals surface area contributed by atoms with Crippen molar-refractivity contribution in [2.24, 2.45) is 0 Å². The zero-order valence-electron chi connectivity index (χ0n) is 9.24. The van der Waals surface area contributed by atoms with Gasteiger partial charge in [0, 0.05) is 16.3 Å². The van der Waals surface area contributed by atoms with Gasteiger partial charge >= 0.3 is 0 Å². The van der Waals surface area contributed by atoms with Crippen molar-refractivity contribution in [3.63, 3.8) is 0 Å². The molecule has 0 saturated heterocycles. The third-order valence-electron chi connectivity index (χ3n) is 2.43. The van der Waals surface area contributed by atoms with Crippen LogP contribution >= 0.6 is 22.7 Å². The molecule has 2 aromatic heterocycles. The van der Waals surface area contributed by atoms with Gasteiger partial charge in [-0.1, -0.05) is 30.3 Å². The molecule has 2 heterocycles. The van der Waals surface area contributed by atoms with Crippen molar-refractivity contribution in [2.75, 3.05) is 0 Å². The molecule has 0 saturated carbocycles. The van der Waals surface area contributed by atoms with Crippen LogP contribution in [0.3, 0.4) is 0 Å². The largest absolute Gasteiger partial charge is 0.286 e. The fourth-order valence-electron chi connectivity index (χ4n) is 1.55. The maximum Gasteiger partial charge on any atom is 0.221 e. The first kappa shape index (κ1) is 11.3. The number of benzene rings is 1. The molecule has 0 N–H and O–H groups in total. The Bertz CT molecular complexity index is 659. The smallest absolute Gasteiger partial charge is 0.221 e. The van der Waals surface area contributed by atoms with Crippen LogP contribution in [0.25, 0.3) is 11.4 Å². The Kier molecular flexibility index (Phi) is 3.00. The SMILES string of the molecule is O=C(c1ccccc1)c1nc(-c2cscn2)cs1. The number of hydrogen-bond acceptors (Lipinski definition) is 5. The predicted octanol–water partition coefficient (Wildman–Crippen LogP) is 3.50. The highest BCUT2D eigenvalue weighted by atomic mass is 32.1. The van der Waals surface area contributed by atoms with E-state index in [1.807, 2.05) is 29.0 Å². The Balaban J connectivity index is 1.93. The van der Waals surface area contributed by atoms with Gasteiger partial charge in [-0.05, 0) is 0 Å². The van der Waals surface area contributed by atoms with Gasteiger partial charge in [-0.25, -0.2) is 9.97 Å². The number of aromatic nitrogens is 2. The standard InChI is InChI=1S/C13H8N2OS2/c16-12(9-4-2-1-3-5-9)13-15-11(7-18-13)10-6-17-8-14-10/h1-8H. The molecule has 0 bridgehead atoms. The van der Waals surface area contributed by atoms with E-state index in [4.69, 9.17) is 0 Å². The van der Waals surface area contributed by atoms with Crippen LogP contribution in [0.5, 0.6) is 0 Å². The van der Waals surface area contributed by atoms with E-state index in [0.29, 0.717) is 10.6 Å². The lowest BCUT2D eigenvalue weighted by Crippen LogP contribution is -1.99. The van der Waals surface area contributed by atoms with Crippen LogP contribution in [0.15, 0.2) is 46.6 Å². The number of thiazole rings is 2. The van der Waals surface area contributed by atoms with Crippen molar-refractivity contribution < 1.29 is 4.79 Å². The van der Waals surface area contributed by atoms with Crippen LogP contribution in [0, 0.1) is 0 Å². The molecule has 0 spiro atoms. The number of rotatable bonds is 3. The number of hydrogen-bond donors (Lipinski definition) is 0. The van der Waals surface area contributed by atoms with E-state index in [2.05, 4.69) is 9.97 Å². The fraction of sp³-hybridized carbons (Fsp3) is 0. The van der Waals surface area contributed by atoms with Crippen molar-refractivity contribution in [1.29, 1.82) is 0 Å². The second-order valence-corrected chi connectivity index (χ2v) is 5.18. The molecule has 0 unspecified atom stereocenters. The van der Waals surface area contributed by atoms with E-state index in [9.17, 15) is 4.79 Å². The molecule has 3 aromatic rings. The molecule has 1 aromatic carbocycles. The highest BCUT2D eigenvalue weighted by Gasteiger charge is 2.14. The zero-order chi connectivity index (χ0) is 12.4. The van der Waals surface area contributed by atoms with Crippen LogP contribution < -0.4 is 0 Å². The second kappa shape index (κ2) is 4.80. The Morgan fingerprint density at radius 2 is 1.89 bits per heavy atom. The molecule has 18 heavy (non-hydrogen) atoms. The molecule has 0 aliphatic rings. The number of carbonyl (C=O) groups excluding carboxylic acids is 1. The van der Waals surface area contributed by atoms with Crippen LogP contribution in [-0.4, -0.2) is 15.8 Å². The van der Waals surface area contributed by atoms with Crippen molar-refractivity contribution in [2.45, 2.75) is 0 Å². The summed E-state index contributed by atoms with van der Waals surface area (Å²) in [5, 5.41) is 4.29. The van der Waals surface area contributed by atoms with Crippen LogP contribution in [0.4, 0.5) is 0 Å². The maximum absolute atomic E-state index is 12.2. The minimum absolute atomic E-state index is 0.0397. The molecule has 5 heteroatoms. The highest BCUT2D eigenvalue weighted by Crippen LogP contribution is 2.23. The van der Waals surface area contributed by atoms with Gasteiger partial charge in [0.25, 0.3) is 0 Å². The van der Waals surface area contributed by atoms with Crippen LogP contribution in [0.2, 0.25) is 0 Å². The summed E-state index contributed by atoms with van der Waals surface area (Å²) in [4.78, 5) is 20.7. The number of carbonyl (C=O) groups is 1. The van der Waals surface area contributed by atoms with E-state index in [1.165, 1.54) is 22.7 Å². The predicted molar refractivity (Wildman–Crippen MR) is 73.1 cm³/mol. The molecular weight excluding hydrogens is 264 g/mol. The van der Waals surface area contributed by atoms with Gasteiger partial charge in [0.2, 0.25) is 5.78 Å². The van der Waals surface area contributed by atoms with Crippen molar-refractivity contribution >= 4 is 28.5 Å². The van der Waals surface area contributed by atoms with Gasteiger partial charge in [0.15, 0.2) is 5.01 Å². The first-order valence-electron chi connectivity index (χ1n) is 5.28. The highest BCUT2D eigenvalue weighted by molar-refractivity contribution is 7.12. The maximum atomic E-state index is 12.2. The fourth-order valence-corrected chi connectivity index (χ4v) is 2.87. The first-order chi connectivity index (χ1) is 8.84. The Morgan fingerprint density at radius 1 is 1.06 bits per heavy atom. The Labute approximate surface area is 112 Å². The average Bonchev–Trinajstić information content (AvgIpc) is 3.09. The molecule has 0 aliphatic heterocycles. The molecule has 0 amide bonds. The van der Waals surface area contributed by atoms with Gasteiger partial charge in [-0.15, -0.1) is 22.7 Å². The summed E-state index contributed by atoms with van der Waals surface area (Å²) in [7, 11) is 0. The van der Waals surface area contributed by atoms with Gasteiger partial charge in [0.05, 0.1) is 5.51 Å². The summed E-state index contributed by atoms with van der Waals surface area (Å²) >= 11 is 2.87. The normalized spacial score (nSPS) is 10.4. The monoisotopic (exact) mass is 272 g/mol. The van der Waals surface area contributed by atoms with E-state index in [1.54, 1.807) is 17.6 Å². The molecule has 88 valence electrons. The molecule has 0 radical (unpaired) electrons. The lowest BCUT2D eigenvalue weighted by atomic mass is 10.1. The molecule has 3 nitrogen and oxygen atoms in total. The Hall–Kier alpha value is -1.85. The lowest BCUT2D eigenvalue weighted by Gasteiger charge is -1.95. The topological polar surface area (TPSA) is 42.9 Å². The summed E-state index contributed by atoms with van der Waals surface area (Å²) in [5.41, 5.74) is 4.01. The van der Waals surface area contributed by atoms with Crippen molar-refractivity contribution in [1.82, 2.24) is 9.97 Å². The van der Waals surface area contributed by atoms with Crippen LogP contribution in [-0.2, 0) is 0 Å². The first-order valence-corrected chi connectivity index (χ1v) is 7.10. The Morgan fingerprint density at radius 3 is 2.61 bits per heavy atom. The van der Waals surface area contributed by atoms with Crippen molar-refractivity contribution in [3.05, 3.63) is 57.2 Å². The molecule has 0 atom stereocenters. The van der Waals surface area contributed by atoms with E-state index in [0.717, 1.165) is 11.4 Å². The van der Waals surface area contributed by atoms with Gasteiger partial charge in [0.1, 0.15) is 11.4 Å². The second-order valence-electron chi connectivity index (χ2n) is 3.61. The third-order valence-corrected chi connectivity index (χ3v) is 3.86. The van der Waals surface area contributed by atoms with Gasteiger partial charge < -0.3 is 0 Å². The zero-order valence-corrected chi connectivity index (χ0v) is 10.9. The summed E-state index contributed by atoms with van der Waals surface area (Å²) in [6, 6.07) is 9.18. The van der Waals surface area contributed by atoms with Crippen LogP contribution in [0.1, 0.15) is 15.4 Å². The minimum atomic E-state index is -0.0397. The quantitative estimate of drug-likeness (QED) is 0.685. The van der Waals surface area contributed by atoms with E-state index < -0.39 is 0 Å². The third kappa shape index (κ3) is 2.10.